The number of nitrogens with zero attached hydrogens (tertiary/aromatic N) is 3. The lowest BCUT2D eigenvalue weighted by molar-refractivity contribution is 0.313. The van der Waals surface area contributed by atoms with Crippen molar-refractivity contribution in [3.63, 3.8) is 0 Å². The van der Waals surface area contributed by atoms with E-state index in [0.29, 0.717) is 0 Å². The molecule has 3 aromatic carbocycles. The third kappa shape index (κ3) is 3.83. The Morgan fingerprint density at radius 3 is 2.17 bits per heavy atom. The van der Waals surface area contributed by atoms with Crippen molar-refractivity contribution in [3.05, 3.63) is 72.9 Å². The minimum absolute atomic E-state index is 1.05. The smallest absolute Gasteiger partial charge is 0.0709 e. The molecule has 5 rings (SSSR count). The number of hydrogen-bond donors (Lipinski definition) is 0. The molecule has 1 aromatic heterocycles. The highest BCUT2D eigenvalue weighted by molar-refractivity contribution is 6.05. The van der Waals surface area contributed by atoms with Crippen molar-refractivity contribution >= 4 is 27.4 Å². The molecule has 0 saturated carbocycles. The Balaban J connectivity index is 0.000000994. The zero-order valence-electron chi connectivity index (χ0n) is 17.6. The van der Waals surface area contributed by atoms with E-state index >= 15 is 0 Å². The van der Waals surface area contributed by atoms with Crippen LogP contribution in [0, 0.1) is 0 Å². The average molecular weight is 384 g/mol. The topological polar surface area (TPSA) is 19.4 Å². The lowest BCUT2D eigenvalue weighted by atomic mass is 9.95. The van der Waals surface area contributed by atoms with Crippen LogP contribution in [0.1, 0.15) is 13.8 Å². The van der Waals surface area contributed by atoms with Crippen LogP contribution < -0.4 is 4.90 Å². The summed E-state index contributed by atoms with van der Waals surface area (Å²) in [6.07, 6.45) is 2.03. The maximum atomic E-state index is 4.79. The Morgan fingerprint density at radius 2 is 1.38 bits per heavy atom. The molecule has 29 heavy (non-hydrogen) atoms. The molecule has 1 aliphatic rings. The highest BCUT2D eigenvalue weighted by Gasteiger charge is 2.16. The van der Waals surface area contributed by atoms with E-state index in [1.807, 2.05) is 20.0 Å². The third-order valence-corrected chi connectivity index (χ3v) is 5.66. The van der Waals surface area contributed by atoms with Crippen molar-refractivity contribution < 1.29 is 0 Å². The predicted molar refractivity (Wildman–Crippen MR) is 126 cm³/mol. The SMILES string of the molecule is CC.CN1CCN(c2cnc3cccc(-c4cccc5ccccc45)c3c2)CC1. The summed E-state index contributed by atoms with van der Waals surface area (Å²) in [5.41, 5.74) is 4.81. The molecule has 0 amide bonds. The molecule has 0 unspecified atom stereocenters. The Bertz CT molecular complexity index is 1110. The molecule has 3 nitrogen and oxygen atoms in total. The average Bonchev–Trinajstić information content (AvgIpc) is 2.80. The molecule has 1 saturated heterocycles. The molecular formula is C26H29N3. The van der Waals surface area contributed by atoms with E-state index in [-0.39, 0.29) is 0 Å². The van der Waals surface area contributed by atoms with Crippen LogP contribution in [-0.4, -0.2) is 43.1 Å². The summed E-state index contributed by atoms with van der Waals surface area (Å²) in [6.45, 7) is 8.31. The molecule has 2 heterocycles. The van der Waals surface area contributed by atoms with Gasteiger partial charge in [-0.05, 0) is 41.1 Å². The van der Waals surface area contributed by atoms with Crippen LogP contribution >= 0.6 is 0 Å². The van der Waals surface area contributed by atoms with E-state index in [2.05, 4.69) is 83.6 Å². The Morgan fingerprint density at radius 1 is 0.724 bits per heavy atom. The number of fused-ring (bicyclic) bond motifs is 2. The first-order valence-corrected chi connectivity index (χ1v) is 10.6. The van der Waals surface area contributed by atoms with Gasteiger partial charge in [-0.1, -0.05) is 68.4 Å². The monoisotopic (exact) mass is 383 g/mol. The van der Waals surface area contributed by atoms with E-state index in [0.717, 1.165) is 31.7 Å². The van der Waals surface area contributed by atoms with Crippen molar-refractivity contribution in [3.8, 4) is 11.1 Å². The molecule has 1 aliphatic heterocycles. The van der Waals surface area contributed by atoms with E-state index in [9.17, 15) is 0 Å². The molecule has 0 atom stereocenters. The minimum Gasteiger partial charge on any atom is -0.368 e. The van der Waals surface area contributed by atoms with Gasteiger partial charge in [0.25, 0.3) is 0 Å². The maximum Gasteiger partial charge on any atom is 0.0709 e. The summed E-state index contributed by atoms with van der Waals surface area (Å²) in [5, 5.41) is 3.79. The summed E-state index contributed by atoms with van der Waals surface area (Å²) in [4.78, 5) is 9.62. The first-order chi connectivity index (χ1) is 14.3. The standard InChI is InChI=1S/C24H23N3.C2H6/c1-26-12-14-27(15-13-26)19-16-23-22(10-5-11-24(23)25-17-19)21-9-4-7-18-6-2-3-8-20(18)21;1-2/h2-11,16-17H,12-15H2,1H3;1-2H3. The van der Waals surface area contributed by atoms with Gasteiger partial charge in [-0.25, -0.2) is 0 Å². The first-order valence-electron chi connectivity index (χ1n) is 10.6. The van der Waals surface area contributed by atoms with Gasteiger partial charge < -0.3 is 9.80 Å². The number of likely N-dealkylation sites (N-methyl/N-ethyl adjacent to an activating group) is 1. The van der Waals surface area contributed by atoms with Gasteiger partial charge in [0.1, 0.15) is 0 Å². The van der Waals surface area contributed by atoms with Crippen LogP contribution in [0.2, 0.25) is 0 Å². The lowest BCUT2D eigenvalue weighted by Crippen LogP contribution is -2.44. The summed E-state index contributed by atoms with van der Waals surface area (Å²) in [5.74, 6) is 0. The number of aromatic nitrogens is 1. The van der Waals surface area contributed by atoms with Crippen LogP contribution in [0.5, 0.6) is 0 Å². The third-order valence-electron chi connectivity index (χ3n) is 5.66. The van der Waals surface area contributed by atoms with Gasteiger partial charge in [0, 0.05) is 31.6 Å². The maximum absolute atomic E-state index is 4.79. The first kappa shape index (κ1) is 19.4. The van der Waals surface area contributed by atoms with Gasteiger partial charge >= 0.3 is 0 Å². The fraction of sp³-hybridized carbons (Fsp3) is 0.269. The van der Waals surface area contributed by atoms with E-state index < -0.39 is 0 Å². The van der Waals surface area contributed by atoms with Crippen molar-refractivity contribution in [1.29, 1.82) is 0 Å². The molecule has 0 spiro atoms. The largest absolute Gasteiger partial charge is 0.368 e. The van der Waals surface area contributed by atoms with Crippen molar-refractivity contribution in [2.24, 2.45) is 0 Å². The van der Waals surface area contributed by atoms with E-state index in [1.54, 1.807) is 0 Å². The number of pyridine rings is 1. The Hall–Kier alpha value is -2.91. The predicted octanol–water partition coefficient (Wildman–Crippen LogP) is 5.83. The van der Waals surface area contributed by atoms with Gasteiger partial charge in [0.15, 0.2) is 0 Å². The fourth-order valence-corrected chi connectivity index (χ4v) is 4.07. The highest BCUT2D eigenvalue weighted by Crippen LogP contribution is 2.34. The Kier molecular flexibility index (Phi) is 5.77. The number of benzene rings is 3. The highest BCUT2D eigenvalue weighted by atomic mass is 15.2. The summed E-state index contributed by atoms with van der Waals surface area (Å²) >= 11 is 0. The number of hydrogen-bond acceptors (Lipinski definition) is 3. The minimum atomic E-state index is 1.05. The number of anilines is 1. The molecule has 4 aromatic rings. The molecule has 148 valence electrons. The molecule has 0 aliphatic carbocycles. The second-order valence-electron chi connectivity index (χ2n) is 7.38. The molecule has 0 radical (unpaired) electrons. The molecular weight excluding hydrogens is 354 g/mol. The van der Waals surface area contributed by atoms with Gasteiger partial charge in [0.2, 0.25) is 0 Å². The van der Waals surface area contributed by atoms with Gasteiger partial charge in [-0.3, -0.25) is 4.98 Å². The van der Waals surface area contributed by atoms with Crippen LogP contribution in [0.15, 0.2) is 72.9 Å². The summed E-state index contributed by atoms with van der Waals surface area (Å²) in [7, 11) is 2.19. The second kappa shape index (κ2) is 8.62. The van der Waals surface area contributed by atoms with Gasteiger partial charge in [-0.2, -0.15) is 0 Å². The fourth-order valence-electron chi connectivity index (χ4n) is 4.07. The molecule has 3 heteroatoms. The van der Waals surface area contributed by atoms with E-state index in [1.165, 1.54) is 33.0 Å². The quantitative estimate of drug-likeness (QED) is 0.434. The van der Waals surface area contributed by atoms with Crippen molar-refractivity contribution in [2.75, 3.05) is 38.1 Å². The normalized spacial score (nSPS) is 14.7. The Labute approximate surface area is 173 Å². The van der Waals surface area contributed by atoms with Crippen molar-refractivity contribution in [2.45, 2.75) is 13.8 Å². The van der Waals surface area contributed by atoms with Crippen LogP contribution in [0.3, 0.4) is 0 Å². The second-order valence-corrected chi connectivity index (χ2v) is 7.38. The molecule has 0 bridgehead atoms. The summed E-state index contributed by atoms with van der Waals surface area (Å²) < 4.78 is 0. The zero-order valence-corrected chi connectivity index (χ0v) is 17.6. The van der Waals surface area contributed by atoms with Gasteiger partial charge in [0.05, 0.1) is 17.4 Å². The van der Waals surface area contributed by atoms with Crippen LogP contribution in [0.4, 0.5) is 5.69 Å². The summed E-state index contributed by atoms with van der Waals surface area (Å²) in [6, 6.07) is 23.9. The number of rotatable bonds is 2. The van der Waals surface area contributed by atoms with E-state index in [4.69, 9.17) is 4.98 Å². The number of piperazine rings is 1. The zero-order chi connectivity index (χ0) is 20.2. The van der Waals surface area contributed by atoms with Crippen molar-refractivity contribution in [1.82, 2.24) is 9.88 Å². The van der Waals surface area contributed by atoms with Crippen LogP contribution in [0.25, 0.3) is 32.8 Å². The van der Waals surface area contributed by atoms with Gasteiger partial charge in [-0.15, -0.1) is 0 Å². The lowest BCUT2D eigenvalue weighted by Gasteiger charge is -2.34. The molecule has 0 N–H and O–H groups in total. The van der Waals surface area contributed by atoms with Crippen LogP contribution in [-0.2, 0) is 0 Å². The molecule has 1 fully saturated rings.